The summed E-state index contributed by atoms with van der Waals surface area (Å²) >= 11 is 0. The standard InChI is InChI=1S/C34H42N6O3/c1-43-29-17-14-25(15-18-29)16-19-32(41)38-23-28-20-22-40(33(42)31(39-28)13-8-21-37-34(35)36)24-30(26-9-4-2-5-10-26)27-11-6-3-7-12-27/h2-7,9-12,14-19,28,30-31,39H,8,13,20-24H2,1H3,(H,38,41)(H4,35,36,37)/t28-,31-/m0/s1. The summed E-state index contributed by atoms with van der Waals surface area (Å²) in [5, 5.41) is 6.52. The molecule has 226 valence electrons. The highest BCUT2D eigenvalue weighted by molar-refractivity contribution is 5.91. The van der Waals surface area contributed by atoms with Crippen LogP contribution in [0, 0.1) is 0 Å². The number of benzene rings is 3. The van der Waals surface area contributed by atoms with E-state index in [1.165, 1.54) is 6.08 Å². The highest BCUT2D eigenvalue weighted by Crippen LogP contribution is 2.27. The number of carbonyl (C=O) groups excluding carboxylic acids is 2. The van der Waals surface area contributed by atoms with Gasteiger partial charge in [-0.1, -0.05) is 72.8 Å². The average molecular weight is 583 g/mol. The lowest BCUT2D eigenvalue weighted by Crippen LogP contribution is -2.49. The number of rotatable bonds is 13. The first-order valence-corrected chi connectivity index (χ1v) is 14.7. The Bertz CT molecular complexity index is 1320. The minimum atomic E-state index is -0.416. The molecule has 0 aromatic heterocycles. The molecule has 9 heteroatoms. The first-order chi connectivity index (χ1) is 20.9. The van der Waals surface area contributed by atoms with E-state index >= 15 is 0 Å². The molecule has 43 heavy (non-hydrogen) atoms. The van der Waals surface area contributed by atoms with Crippen LogP contribution in [0.4, 0.5) is 0 Å². The highest BCUT2D eigenvalue weighted by Gasteiger charge is 2.32. The maximum atomic E-state index is 13.9. The number of ether oxygens (including phenoxy) is 1. The van der Waals surface area contributed by atoms with Gasteiger partial charge in [0.15, 0.2) is 5.96 Å². The van der Waals surface area contributed by atoms with Crippen molar-refractivity contribution in [1.82, 2.24) is 15.5 Å². The highest BCUT2D eigenvalue weighted by atomic mass is 16.5. The van der Waals surface area contributed by atoms with Gasteiger partial charge in [-0.2, -0.15) is 0 Å². The molecule has 0 unspecified atom stereocenters. The third-order valence-corrected chi connectivity index (χ3v) is 7.61. The molecule has 0 spiro atoms. The van der Waals surface area contributed by atoms with Gasteiger partial charge in [-0.05, 0) is 54.2 Å². The molecule has 2 amide bonds. The Morgan fingerprint density at radius 1 is 1.05 bits per heavy atom. The minimum Gasteiger partial charge on any atom is -0.497 e. The predicted molar refractivity (Wildman–Crippen MR) is 172 cm³/mol. The number of nitrogens with one attached hydrogen (secondary N) is 2. The monoisotopic (exact) mass is 582 g/mol. The van der Waals surface area contributed by atoms with Gasteiger partial charge in [-0.25, -0.2) is 0 Å². The molecule has 9 nitrogen and oxygen atoms in total. The second kappa shape index (κ2) is 16.1. The molecule has 4 rings (SSSR count). The molecule has 0 saturated carbocycles. The quantitative estimate of drug-likeness (QED) is 0.106. The fraction of sp³-hybridized carbons (Fsp3) is 0.324. The van der Waals surface area contributed by atoms with Crippen molar-refractivity contribution in [3.05, 3.63) is 108 Å². The fourth-order valence-corrected chi connectivity index (χ4v) is 5.30. The van der Waals surface area contributed by atoms with E-state index in [1.54, 1.807) is 13.2 Å². The molecule has 2 atom stereocenters. The van der Waals surface area contributed by atoms with Crippen molar-refractivity contribution in [2.45, 2.75) is 37.3 Å². The number of nitrogens with zero attached hydrogens (tertiary/aromatic N) is 2. The van der Waals surface area contributed by atoms with E-state index in [9.17, 15) is 9.59 Å². The van der Waals surface area contributed by atoms with Gasteiger partial charge in [-0.15, -0.1) is 0 Å². The van der Waals surface area contributed by atoms with Gasteiger partial charge in [0.2, 0.25) is 11.8 Å². The molecule has 0 bridgehead atoms. The van der Waals surface area contributed by atoms with Crippen LogP contribution in [0.1, 0.15) is 41.9 Å². The van der Waals surface area contributed by atoms with Gasteiger partial charge < -0.3 is 31.7 Å². The Morgan fingerprint density at radius 2 is 1.70 bits per heavy atom. The van der Waals surface area contributed by atoms with Gasteiger partial charge in [0.25, 0.3) is 0 Å². The topological polar surface area (TPSA) is 135 Å². The molecule has 6 N–H and O–H groups in total. The molecule has 3 aromatic rings. The lowest BCUT2D eigenvalue weighted by atomic mass is 9.90. The molecule has 1 aliphatic rings. The Kier molecular flexibility index (Phi) is 11.7. The third kappa shape index (κ3) is 9.72. The average Bonchev–Trinajstić information content (AvgIpc) is 3.18. The lowest BCUT2D eigenvalue weighted by molar-refractivity contribution is -0.133. The summed E-state index contributed by atoms with van der Waals surface area (Å²) in [5.41, 5.74) is 14.2. The predicted octanol–water partition coefficient (Wildman–Crippen LogP) is 3.27. The van der Waals surface area contributed by atoms with Gasteiger partial charge >= 0.3 is 0 Å². The van der Waals surface area contributed by atoms with Crippen LogP contribution in [-0.2, 0) is 9.59 Å². The number of carbonyl (C=O) groups is 2. The number of aliphatic imine (C=N–C) groups is 1. The zero-order valence-corrected chi connectivity index (χ0v) is 24.7. The maximum Gasteiger partial charge on any atom is 0.244 e. The molecule has 1 heterocycles. The molecular formula is C34H42N6O3. The molecule has 0 radical (unpaired) electrons. The van der Waals surface area contributed by atoms with Crippen molar-refractivity contribution in [3.8, 4) is 5.75 Å². The number of nitrogens with two attached hydrogens (primary N) is 2. The summed E-state index contributed by atoms with van der Waals surface area (Å²) in [6.45, 7) is 1.98. The normalized spacial score (nSPS) is 17.1. The molecule has 1 fully saturated rings. The number of hydrogen-bond donors (Lipinski definition) is 4. The summed E-state index contributed by atoms with van der Waals surface area (Å²) < 4.78 is 5.19. The van der Waals surface area contributed by atoms with Crippen molar-refractivity contribution >= 4 is 23.8 Å². The van der Waals surface area contributed by atoms with E-state index in [0.29, 0.717) is 45.4 Å². The minimum absolute atomic E-state index is 0.0352. The molecular weight excluding hydrogens is 540 g/mol. The van der Waals surface area contributed by atoms with E-state index in [4.69, 9.17) is 16.2 Å². The maximum absolute atomic E-state index is 13.9. The smallest absolute Gasteiger partial charge is 0.244 e. The first-order valence-electron chi connectivity index (χ1n) is 14.7. The summed E-state index contributed by atoms with van der Waals surface area (Å²) in [6, 6.07) is 27.6. The number of methoxy groups -OCH3 is 1. The van der Waals surface area contributed by atoms with E-state index < -0.39 is 6.04 Å². The van der Waals surface area contributed by atoms with Crippen LogP contribution in [0.3, 0.4) is 0 Å². The summed E-state index contributed by atoms with van der Waals surface area (Å²) in [5.74, 6) is 0.695. The van der Waals surface area contributed by atoms with Crippen LogP contribution < -0.4 is 26.8 Å². The van der Waals surface area contributed by atoms with E-state index in [2.05, 4.69) is 39.9 Å². The van der Waals surface area contributed by atoms with E-state index in [1.807, 2.05) is 65.6 Å². The number of guanidine groups is 1. The van der Waals surface area contributed by atoms with Gasteiger partial charge in [-0.3, -0.25) is 14.6 Å². The fourth-order valence-electron chi connectivity index (χ4n) is 5.30. The van der Waals surface area contributed by atoms with Crippen LogP contribution in [0.15, 0.2) is 96.0 Å². The van der Waals surface area contributed by atoms with Crippen molar-refractivity contribution in [2.75, 3.05) is 33.3 Å². The van der Waals surface area contributed by atoms with Crippen LogP contribution in [0.25, 0.3) is 6.08 Å². The zero-order chi connectivity index (χ0) is 30.4. The van der Waals surface area contributed by atoms with Crippen molar-refractivity contribution in [1.29, 1.82) is 0 Å². The Morgan fingerprint density at radius 3 is 2.30 bits per heavy atom. The van der Waals surface area contributed by atoms with Gasteiger partial charge in [0.05, 0.1) is 13.2 Å². The van der Waals surface area contributed by atoms with Crippen LogP contribution in [0.2, 0.25) is 0 Å². The molecule has 0 aliphatic carbocycles. The van der Waals surface area contributed by atoms with Crippen molar-refractivity contribution in [2.24, 2.45) is 16.5 Å². The van der Waals surface area contributed by atoms with Crippen molar-refractivity contribution < 1.29 is 14.3 Å². The summed E-state index contributed by atoms with van der Waals surface area (Å²) in [4.78, 5) is 32.6. The van der Waals surface area contributed by atoms with Gasteiger partial charge in [0.1, 0.15) is 5.75 Å². The van der Waals surface area contributed by atoms with Crippen molar-refractivity contribution in [3.63, 3.8) is 0 Å². The second-order valence-corrected chi connectivity index (χ2v) is 10.7. The Balaban J connectivity index is 1.45. The molecule has 1 aliphatic heterocycles. The summed E-state index contributed by atoms with van der Waals surface area (Å²) in [7, 11) is 1.62. The van der Waals surface area contributed by atoms with Crippen LogP contribution >= 0.6 is 0 Å². The van der Waals surface area contributed by atoms with Crippen LogP contribution in [0.5, 0.6) is 5.75 Å². The lowest BCUT2D eigenvalue weighted by Gasteiger charge is -2.29. The largest absolute Gasteiger partial charge is 0.497 e. The van der Waals surface area contributed by atoms with Crippen LogP contribution in [-0.4, -0.2) is 68.0 Å². The Labute approximate surface area is 254 Å². The van der Waals surface area contributed by atoms with Gasteiger partial charge in [0, 0.05) is 44.2 Å². The number of amides is 2. The number of hydrogen-bond acceptors (Lipinski definition) is 5. The van der Waals surface area contributed by atoms with E-state index in [0.717, 1.165) is 22.4 Å². The molecule has 3 aromatic carbocycles. The SMILES string of the molecule is COc1ccc(C=CC(=O)NC[C@@H]2CCN(CC(c3ccccc3)c3ccccc3)C(=O)[C@H](CCCN=C(N)N)N2)cc1. The molecule has 1 saturated heterocycles. The second-order valence-electron chi connectivity index (χ2n) is 10.7. The zero-order valence-electron chi connectivity index (χ0n) is 24.7. The summed E-state index contributed by atoms with van der Waals surface area (Å²) in [6.07, 6.45) is 5.22. The Hall–Kier alpha value is -4.63. The van der Waals surface area contributed by atoms with E-state index in [-0.39, 0.29) is 29.7 Å². The first kappa shape index (κ1) is 31.3. The third-order valence-electron chi connectivity index (χ3n) is 7.61.